The summed E-state index contributed by atoms with van der Waals surface area (Å²) in [5.74, 6) is 0.0355. The van der Waals surface area contributed by atoms with Crippen LogP contribution in [0.25, 0.3) is 0 Å². The Kier molecular flexibility index (Phi) is 3.32. The molecule has 0 heterocycles. The molecule has 2 rings (SSSR count). The molecule has 0 amide bonds. The molecule has 2 aromatic carbocycles. The second-order valence-corrected chi connectivity index (χ2v) is 3.73. The molecule has 0 radical (unpaired) electrons. The van der Waals surface area contributed by atoms with Gasteiger partial charge in [-0.2, -0.15) is 5.26 Å². The second-order valence-electron chi connectivity index (χ2n) is 3.73. The van der Waals surface area contributed by atoms with Gasteiger partial charge in [-0.25, -0.2) is 0 Å². The van der Waals surface area contributed by atoms with Crippen LogP contribution in [0.3, 0.4) is 0 Å². The first kappa shape index (κ1) is 11.1. The summed E-state index contributed by atoms with van der Waals surface area (Å²) in [6.45, 7) is 0. The van der Waals surface area contributed by atoms with Gasteiger partial charge in [-0.15, -0.1) is 0 Å². The standard InChI is InChI=1S/C15H11NO/c16-11-14-9-5-4-8-13(14)10-15(17)12-6-2-1-3-7-12/h1-9H,10H2. The van der Waals surface area contributed by atoms with Gasteiger partial charge in [0.2, 0.25) is 0 Å². The summed E-state index contributed by atoms with van der Waals surface area (Å²) in [5.41, 5.74) is 2.03. The summed E-state index contributed by atoms with van der Waals surface area (Å²) >= 11 is 0. The lowest BCUT2D eigenvalue weighted by atomic mass is 9.99. The third kappa shape index (κ3) is 2.59. The highest BCUT2D eigenvalue weighted by atomic mass is 16.1. The van der Waals surface area contributed by atoms with Crippen molar-refractivity contribution in [3.63, 3.8) is 0 Å². The third-order valence-electron chi connectivity index (χ3n) is 2.58. The number of benzene rings is 2. The monoisotopic (exact) mass is 221 g/mol. The summed E-state index contributed by atoms with van der Waals surface area (Å²) in [5, 5.41) is 8.94. The Labute approximate surface area is 100 Å². The van der Waals surface area contributed by atoms with Gasteiger partial charge in [0.25, 0.3) is 0 Å². The van der Waals surface area contributed by atoms with Crippen molar-refractivity contribution in [3.05, 3.63) is 71.3 Å². The molecular weight excluding hydrogens is 210 g/mol. The number of carbonyl (C=O) groups excluding carboxylic acids is 1. The van der Waals surface area contributed by atoms with Crippen molar-refractivity contribution >= 4 is 5.78 Å². The molecule has 0 aliphatic rings. The lowest BCUT2D eigenvalue weighted by molar-refractivity contribution is 0.0993. The van der Waals surface area contributed by atoms with E-state index < -0.39 is 0 Å². The first-order valence-electron chi connectivity index (χ1n) is 5.37. The average molecular weight is 221 g/mol. The van der Waals surface area contributed by atoms with Gasteiger partial charge in [-0.1, -0.05) is 48.5 Å². The molecule has 0 N–H and O–H groups in total. The third-order valence-corrected chi connectivity index (χ3v) is 2.58. The van der Waals surface area contributed by atoms with Crippen LogP contribution in [0.4, 0.5) is 0 Å². The van der Waals surface area contributed by atoms with E-state index in [1.807, 2.05) is 30.3 Å². The van der Waals surface area contributed by atoms with E-state index in [1.165, 1.54) is 0 Å². The molecule has 0 saturated carbocycles. The van der Waals surface area contributed by atoms with Gasteiger partial charge >= 0.3 is 0 Å². The number of nitriles is 1. The maximum Gasteiger partial charge on any atom is 0.167 e. The van der Waals surface area contributed by atoms with Crippen LogP contribution in [-0.2, 0) is 6.42 Å². The molecular formula is C15H11NO. The minimum Gasteiger partial charge on any atom is -0.294 e. The fraction of sp³-hybridized carbons (Fsp3) is 0.0667. The van der Waals surface area contributed by atoms with Gasteiger partial charge < -0.3 is 0 Å². The van der Waals surface area contributed by atoms with Crippen molar-refractivity contribution in [3.8, 4) is 6.07 Å². The van der Waals surface area contributed by atoms with Crippen LogP contribution in [0.2, 0.25) is 0 Å². The summed E-state index contributed by atoms with van der Waals surface area (Å²) in [7, 11) is 0. The van der Waals surface area contributed by atoms with Gasteiger partial charge in [-0.05, 0) is 11.6 Å². The van der Waals surface area contributed by atoms with Crippen LogP contribution in [0.1, 0.15) is 21.5 Å². The van der Waals surface area contributed by atoms with Crippen molar-refractivity contribution in [2.24, 2.45) is 0 Å². The van der Waals surface area contributed by atoms with Crippen molar-refractivity contribution < 1.29 is 4.79 Å². The fourth-order valence-corrected chi connectivity index (χ4v) is 1.68. The highest BCUT2D eigenvalue weighted by Crippen LogP contribution is 2.11. The van der Waals surface area contributed by atoms with Crippen LogP contribution in [0, 0.1) is 11.3 Å². The van der Waals surface area contributed by atoms with E-state index in [-0.39, 0.29) is 12.2 Å². The summed E-state index contributed by atoms with van der Waals surface area (Å²) < 4.78 is 0. The highest BCUT2D eigenvalue weighted by Gasteiger charge is 2.09. The van der Waals surface area contributed by atoms with Crippen LogP contribution in [0.5, 0.6) is 0 Å². The summed E-state index contributed by atoms with van der Waals surface area (Å²) in [4.78, 5) is 12.0. The maximum atomic E-state index is 12.0. The Morgan fingerprint density at radius 3 is 2.35 bits per heavy atom. The molecule has 0 aromatic heterocycles. The zero-order valence-electron chi connectivity index (χ0n) is 9.26. The number of rotatable bonds is 3. The molecule has 0 saturated heterocycles. The zero-order valence-corrected chi connectivity index (χ0v) is 9.26. The molecule has 2 aromatic rings. The molecule has 0 atom stereocenters. The lowest BCUT2D eigenvalue weighted by Crippen LogP contribution is -2.04. The van der Waals surface area contributed by atoms with Crippen molar-refractivity contribution in [2.45, 2.75) is 6.42 Å². The van der Waals surface area contributed by atoms with E-state index in [1.54, 1.807) is 24.3 Å². The largest absolute Gasteiger partial charge is 0.294 e. The van der Waals surface area contributed by atoms with Crippen LogP contribution in [0.15, 0.2) is 54.6 Å². The van der Waals surface area contributed by atoms with Crippen molar-refractivity contribution in [1.82, 2.24) is 0 Å². The van der Waals surface area contributed by atoms with Crippen LogP contribution < -0.4 is 0 Å². The first-order chi connectivity index (χ1) is 8.31. The van der Waals surface area contributed by atoms with E-state index in [0.717, 1.165) is 5.56 Å². The fourth-order valence-electron chi connectivity index (χ4n) is 1.68. The zero-order chi connectivity index (χ0) is 12.1. The molecule has 0 aliphatic heterocycles. The van der Waals surface area contributed by atoms with Gasteiger partial charge in [0.1, 0.15) is 0 Å². The Morgan fingerprint density at radius 2 is 1.65 bits per heavy atom. The molecule has 2 heteroatoms. The van der Waals surface area contributed by atoms with Crippen LogP contribution in [-0.4, -0.2) is 5.78 Å². The molecule has 0 spiro atoms. The van der Waals surface area contributed by atoms with E-state index in [4.69, 9.17) is 5.26 Å². The Balaban J connectivity index is 2.23. The molecule has 0 unspecified atom stereocenters. The molecule has 0 bridgehead atoms. The number of carbonyl (C=O) groups is 1. The molecule has 0 aliphatic carbocycles. The lowest BCUT2D eigenvalue weighted by Gasteiger charge is -2.03. The quantitative estimate of drug-likeness (QED) is 0.747. The SMILES string of the molecule is N#Cc1ccccc1CC(=O)c1ccccc1. The molecule has 0 fully saturated rings. The van der Waals surface area contributed by atoms with Crippen LogP contribution >= 0.6 is 0 Å². The summed E-state index contributed by atoms with van der Waals surface area (Å²) in [6.07, 6.45) is 0.272. The predicted molar refractivity (Wildman–Crippen MR) is 65.6 cm³/mol. The van der Waals surface area contributed by atoms with E-state index >= 15 is 0 Å². The number of ketones is 1. The predicted octanol–water partition coefficient (Wildman–Crippen LogP) is 2.98. The Morgan fingerprint density at radius 1 is 1.00 bits per heavy atom. The minimum atomic E-state index is 0.0355. The average Bonchev–Trinajstić information content (AvgIpc) is 2.40. The van der Waals surface area contributed by atoms with Crippen molar-refractivity contribution in [2.75, 3.05) is 0 Å². The van der Waals surface area contributed by atoms with Gasteiger partial charge in [-0.3, -0.25) is 4.79 Å². The smallest absolute Gasteiger partial charge is 0.167 e. The summed E-state index contributed by atoms with van der Waals surface area (Å²) in [6, 6.07) is 18.4. The maximum absolute atomic E-state index is 12.0. The molecule has 2 nitrogen and oxygen atoms in total. The van der Waals surface area contributed by atoms with Gasteiger partial charge in [0.05, 0.1) is 11.6 Å². The Bertz CT molecular complexity index is 567. The van der Waals surface area contributed by atoms with Gasteiger partial charge in [0, 0.05) is 12.0 Å². The number of Topliss-reactive ketones (excluding diaryl/α,β-unsaturated/α-hetero) is 1. The number of hydrogen-bond acceptors (Lipinski definition) is 2. The van der Waals surface area contributed by atoms with E-state index in [0.29, 0.717) is 11.1 Å². The normalized spacial score (nSPS) is 9.59. The van der Waals surface area contributed by atoms with E-state index in [2.05, 4.69) is 6.07 Å². The highest BCUT2D eigenvalue weighted by molar-refractivity contribution is 5.97. The second kappa shape index (κ2) is 5.09. The Hall–Kier alpha value is -2.40. The topological polar surface area (TPSA) is 40.9 Å². The molecule has 17 heavy (non-hydrogen) atoms. The van der Waals surface area contributed by atoms with Gasteiger partial charge in [0.15, 0.2) is 5.78 Å². The minimum absolute atomic E-state index is 0.0355. The number of hydrogen-bond donors (Lipinski definition) is 0. The number of nitrogens with zero attached hydrogens (tertiary/aromatic N) is 1. The van der Waals surface area contributed by atoms with E-state index in [9.17, 15) is 4.79 Å². The first-order valence-corrected chi connectivity index (χ1v) is 5.37. The van der Waals surface area contributed by atoms with Crippen molar-refractivity contribution in [1.29, 1.82) is 5.26 Å². The molecule has 82 valence electrons.